The normalized spacial score (nSPS) is 16.8. The zero-order valence-electron chi connectivity index (χ0n) is 11.3. The van der Waals surface area contributed by atoms with Crippen LogP contribution in [0.5, 0.6) is 0 Å². The van der Waals surface area contributed by atoms with E-state index in [-0.39, 0.29) is 12.5 Å². The van der Waals surface area contributed by atoms with Crippen molar-refractivity contribution >= 4 is 11.6 Å². The number of amides is 1. The molecule has 0 saturated carbocycles. The summed E-state index contributed by atoms with van der Waals surface area (Å²) in [5.74, 6) is 0.0595. The van der Waals surface area contributed by atoms with Crippen molar-refractivity contribution in [1.82, 2.24) is 19.2 Å². The van der Waals surface area contributed by atoms with E-state index in [2.05, 4.69) is 9.88 Å². The molecule has 0 bridgehead atoms. The lowest BCUT2D eigenvalue weighted by atomic mass is 10.2. The van der Waals surface area contributed by atoms with Gasteiger partial charge in [-0.05, 0) is 12.1 Å². The van der Waals surface area contributed by atoms with Crippen molar-refractivity contribution in [3.8, 4) is 0 Å². The fourth-order valence-corrected chi connectivity index (χ4v) is 2.55. The number of piperazine rings is 1. The molecule has 0 radical (unpaired) electrons. The Hall–Kier alpha value is -1.92. The molecular weight excluding hydrogens is 256 g/mol. The summed E-state index contributed by atoms with van der Waals surface area (Å²) < 4.78 is 1.86. The Bertz CT molecular complexity index is 602. The van der Waals surface area contributed by atoms with E-state index in [9.17, 15) is 4.79 Å². The molecular formula is C14H18N4O2. The maximum atomic E-state index is 12.5. The molecule has 0 spiro atoms. The van der Waals surface area contributed by atoms with Gasteiger partial charge in [0.05, 0.1) is 12.2 Å². The summed E-state index contributed by atoms with van der Waals surface area (Å²) in [6.45, 7) is 3.91. The molecule has 1 aliphatic rings. The quantitative estimate of drug-likeness (QED) is 0.861. The average molecular weight is 274 g/mol. The van der Waals surface area contributed by atoms with Gasteiger partial charge in [0.15, 0.2) is 0 Å². The molecule has 2 aromatic heterocycles. The Kier molecular flexibility index (Phi) is 3.66. The van der Waals surface area contributed by atoms with Crippen LogP contribution in [-0.4, -0.2) is 69.5 Å². The van der Waals surface area contributed by atoms with Crippen LogP contribution < -0.4 is 0 Å². The first-order valence-electron chi connectivity index (χ1n) is 6.83. The molecule has 1 fully saturated rings. The first kappa shape index (κ1) is 13.1. The smallest absolute Gasteiger partial charge is 0.255 e. The Morgan fingerprint density at radius 2 is 2.05 bits per heavy atom. The number of aliphatic hydroxyl groups excluding tert-OH is 1. The van der Waals surface area contributed by atoms with Crippen LogP contribution in [-0.2, 0) is 0 Å². The van der Waals surface area contributed by atoms with Crippen molar-refractivity contribution in [1.29, 1.82) is 0 Å². The van der Waals surface area contributed by atoms with E-state index in [1.54, 1.807) is 6.20 Å². The number of carbonyl (C=O) groups excluding carboxylic acids is 1. The zero-order valence-corrected chi connectivity index (χ0v) is 11.3. The third-order valence-corrected chi connectivity index (χ3v) is 3.71. The highest BCUT2D eigenvalue weighted by atomic mass is 16.3. The Balaban J connectivity index is 1.69. The first-order chi connectivity index (χ1) is 9.78. The molecule has 0 aromatic carbocycles. The summed E-state index contributed by atoms with van der Waals surface area (Å²) in [4.78, 5) is 20.7. The molecule has 1 saturated heterocycles. The molecule has 1 aliphatic heterocycles. The molecule has 3 rings (SSSR count). The van der Waals surface area contributed by atoms with Crippen molar-refractivity contribution in [2.45, 2.75) is 0 Å². The number of hydrogen-bond acceptors (Lipinski definition) is 4. The van der Waals surface area contributed by atoms with Crippen LogP contribution in [0, 0.1) is 0 Å². The van der Waals surface area contributed by atoms with Crippen LogP contribution in [0.4, 0.5) is 0 Å². The SMILES string of the molecule is O=C(c1ccc2nccn2c1)N1CCN(CCO)CC1. The molecule has 2 aromatic rings. The van der Waals surface area contributed by atoms with E-state index in [0.29, 0.717) is 25.2 Å². The van der Waals surface area contributed by atoms with Gasteiger partial charge in [0, 0.05) is 51.3 Å². The highest BCUT2D eigenvalue weighted by Gasteiger charge is 2.21. The van der Waals surface area contributed by atoms with Crippen molar-refractivity contribution < 1.29 is 9.90 Å². The van der Waals surface area contributed by atoms with Gasteiger partial charge in [-0.15, -0.1) is 0 Å². The molecule has 0 unspecified atom stereocenters. The fourth-order valence-electron chi connectivity index (χ4n) is 2.55. The molecule has 6 nitrogen and oxygen atoms in total. The van der Waals surface area contributed by atoms with E-state index in [0.717, 1.165) is 18.7 Å². The van der Waals surface area contributed by atoms with Gasteiger partial charge in [-0.1, -0.05) is 0 Å². The number of imidazole rings is 1. The van der Waals surface area contributed by atoms with Crippen LogP contribution in [0.25, 0.3) is 5.65 Å². The number of β-amino-alcohol motifs (C(OH)–C–C–N with tert-alkyl or cyclic N) is 1. The topological polar surface area (TPSA) is 61.1 Å². The highest BCUT2D eigenvalue weighted by Crippen LogP contribution is 2.10. The second-order valence-corrected chi connectivity index (χ2v) is 4.97. The highest BCUT2D eigenvalue weighted by molar-refractivity contribution is 5.94. The van der Waals surface area contributed by atoms with Crippen molar-refractivity contribution in [3.05, 3.63) is 36.3 Å². The van der Waals surface area contributed by atoms with Crippen LogP contribution in [0.2, 0.25) is 0 Å². The molecule has 0 atom stereocenters. The number of nitrogens with zero attached hydrogens (tertiary/aromatic N) is 4. The number of hydrogen-bond donors (Lipinski definition) is 1. The van der Waals surface area contributed by atoms with Gasteiger partial charge in [0.1, 0.15) is 5.65 Å². The summed E-state index contributed by atoms with van der Waals surface area (Å²) in [6, 6.07) is 3.68. The Morgan fingerprint density at radius 3 is 2.80 bits per heavy atom. The van der Waals surface area contributed by atoms with Gasteiger partial charge in [-0.25, -0.2) is 4.98 Å². The first-order valence-corrected chi connectivity index (χ1v) is 6.83. The number of fused-ring (bicyclic) bond motifs is 1. The van der Waals surface area contributed by atoms with E-state index in [1.807, 2.05) is 33.8 Å². The van der Waals surface area contributed by atoms with Crippen molar-refractivity contribution in [2.24, 2.45) is 0 Å². The predicted molar refractivity (Wildman–Crippen MR) is 74.6 cm³/mol. The maximum Gasteiger partial charge on any atom is 0.255 e. The lowest BCUT2D eigenvalue weighted by molar-refractivity contribution is 0.0614. The van der Waals surface area contributed by atoms with Crippen LogP contribution in [0.3, 0.4) is 0 Å². The Morgan fingerprint density at radius 1 is 1.25 bits per heavy atom. The third-order valence-electron chi connectivity index (χ3n) is 3.71. The summed E-state index contributed by atoms with van der Waals surface area (Å²) >= 11 is 0. The largest absolute Gasteiger partial charge is 0.395 e. The second-order valence-electron chi connectivity index (χ2n) is 4.97. The molecule has 3 heterocycles. The molecule has 1 N–H and O–H groups in total. The van der Waals surface area contributed by atoms with E-state index in [1.165, 1.54) is 0 Å². The van der Waals surface area contributed by atoms with Gasteiger partial charge < -0.3 is 14.4 Å². The third kappa shape index (κ3) is 2.52. The minimum absolute atomic E-state index is 0.0595. The lowest BCUT2D eigenvalue weighted by Crippen LogP contribution is -2.49. The molecule has 20 heavy (non-hydrogen) atoms. The summed E-state index contributed by atoms with van der Waals surface area (Å²) in [7, 11) is 0. The zero-order chi connectivity index (χ0) is 13.9. The summed E-state index contributed by atoms with van der Waals surface area (Å²) in [5.41, 5.74) is 1.53. The molecule has 0 aliphatic carbocycles. The molecule has 6 heteroatoms. The number of carbonyl (C=O) groups is 1. The second kappa shape index (κ2) is 5.60. The minimum Gasteiger partial charge on any atom is -0.395 e. The van der Waals surface area contributed by atoms with E-state index >= 15 is 0 Å². The van der Waals surface area contributed by atoms with Crippen LogP contribution in [0.15, 0.2) is 30.7 Å². The lowest BCUT2D eigenvalue weighted by Gasteiger charge is -2.34. The molecule has 106 valence electrons. The van der Waals surface area contributed by atoms with Gasteiger partial charge in [-0.2, -0.15) is 0 Å². The average Bonchev–Trinajstić information content (AvgIpc) is 2.95. The number of aromatic nitrogens is 2. The number of pyridine rings is 1. The standard InChI is InChI=1S/C14H18N4O2/c19-10-9-16-5-7-17(8-6-16)14(20)12-1-2-13-15-3-4-18(13)11-12/h1-4,11,19H,5-10H2. The van der Waals surface area contributed by atoms with Crippen LogP contribution >= 0.6 is 0 Å². The van der Waals surface area contributed by atoms with Gasteiger partial charge in [-0.3, -0.25) is 9.69 Å². The van der Waals surface area contributed by atoms with Crippen molar-refractivity contribution in [2.75, 3.05) is 39.3 Å². The fraction of sp³-hybridized carbons (Fsp3) is 0.429. The summed E-state index contributed by atoms with van der Waals surface area (Å²) in [5, 5.41) is 8.92. The number of rotatable bonds is 3. The van der Waals surface area contributed by atoms with E-state index < -0.39 is 0 Å². The minimum atomic E-state index is 0.0595. The summed E-state index contributed by atoms with van der Waals surface area (Å²) in [6.07, 6.45) is 5.38. The van der Waals surface area contributed by atoms with Crippen LogP contribution in [0.1, 0.15) is 10.4 Å². The number of aliphatic hydroxyl groups is 1. The van der Waals surface area contributed by atoms with Gasteiger partial charge in [0.2, 0.25) is 0 Å². The van der Waals surface area contributed by atoms with E-state index in [4.69, 9.17) is 5.11 Å². The molecule has 1 amide bonds. The van der Waals surface area contributed by atoms with Gasteiger partial charge in [0.25, 0.3) is 5.91 Å². The monoisotopic (exact) mass is 274 g/mol. The Labute approximate surface area is 117 Å². The predicted octanol–water partition coefficient (Wildman–Crippen LogP) is 0.0844. The van der Waals surface area contributed by atoms with Crippen molar-refractivity contribution in [3.63, 3.8) is 0 Å². The van der Waals surface area contributed by atoms with Gasteiger partial charge >= 0.3 is 0 Å². The maximum absolute atomic E-state index is 12.5.